The molecule has 0 aliphatic carbocycles. The minimum Gasteiger partial charge on any atom is -0.310 e. The van der Waals surface area contributed by atoms with Crippen LogP contribution in [0.25, 0.3) is 64.0 Å². The lowest BCUT2D eigenvalue weighted by molar-refractivity contribution is 1.30. The van der Waals surface area contributed by atoms with Crippen LogP contribution >= 0.6 is 11.3 Å². The number of benzene rings is 8. The van der Waals surface area contributed by atoms with Gasteiger partial charge in [-0.15, -0.1) is 11.3 Å². The molecule has 0 bridgehead atoms. The van der Waals surface area contributed by atoms with Crippen molar-refractivity contribution in [1.29, 1.82) is 0 Å². The Kier molecular flexibility index (Phi) is 6.40. The third-order valence-corrected chi connectivity index (χ3v) is 10.2. The summed E-state index contributed by atoms with van der Waals surface area (Å²) in [5.41, 5.74) is 8.40. The summed E-state index contributed by atoms with van der Waals surface area (Å²) >= 11 is 1.86. The minimum absolute atomic E-state index is 1.14. The van der Waals surface area contributed by atoms with E-state index in [0.29, 0.717) is 0 Å². The second-order valence-corrected chi connectivity index (χ2v) is 12.9. The zero-order valence-electron chi connectivity index (χ0n) is 25.1. The van der Waals surface area contributed by atoms with Crippen LogP contribution in [0.5, 0.6) is 0 Å². The average Bonchev–Trinajstić information content (AvgIpc) is 3.51. The van der Waals surface area contributed by atoms with Gasteiger partial charge >= 0.3 is 0 Å². The molecular formula is C44H29NS. The standard InChI is InChI=1S/C44H29NS/c1-2-13-36(14-3-1)45(41-17-9-19-43-44(41)40-15-6-7-18-42(40)46-43)37-25-22-31(23-26-37)38-16-8-12-35-29-34(24-27-39(35)38)33-21-20-30-10-4-5-11-32(30)28-33/h1-29H. The van der Waals surface area contributed by atoms with Crippen LogP contribution in [0.2, 0.25) is 0 Å². The Morgan fingerprint density at radius 1 is 0.370 bits per heavy atom. The first-order chi connectivity index (χ1) is 22.8. The fourth-order valence-electron chi connectivity index (χ4n) is 6.82. The molecule has 9 rings (SSSR count). The van der Waals surface area contributed by atoms with Crippen LogP contribution in [0, 0.1) is 0 Å². The average molecular weight is 604 g/mol. The number of hydrogen-bond acceptors (Lipinski definition) is 2. The SMILES string of the molecule is c1ccc(N(c2ccc(-c3cccc4cc(-c5ccc6ccccc6c5)ccc34)cc2)c2cccc3sc4ccccc4c23)cc1. The van der Waals surface area contributed by atoms with E-state index in [0.717, 1.165) is 11.4 Å². The van der Waals surface area contributed by atoms with E-state index in [9.17, 15) is 0 Å². The molecule has 9 aromatic rings. The van der Waals surface area contributed by atoms with Crippen molar-refractivity contribution >= 4 is 70.1 Å². The zero-order chi connectivity index (χ0) is 30.5. The number of hydrogen-bond donors (Lipinski definition) is 0. The molecule has 216 valence electrons. The largest absolute Gasteiger partial charge is 0.310 e. The van der Waals surface area contributed by atoms with Gasteiger partial charge in [0.2, 0.25) is 0 Å². The second-order valence-electron chi connectivity index (χ2n) is 11.8. The number of rotatable bonds is 5. The summed E-state index contributed by atoms with van der Waals surface area (Å²) in [5, 5.41) is 7.64. The van der Waals surface area contributed by atoms with Crippen molar-refractivity contribution < 1.29 is 0 Å². The summed E-state index contributed by atoms with van der Waals surface area (Å²) in [6.07, 6.45) is 0. The first-order valence-electron chi connectivity index (χ1n) is 15.7. The van der Waals surface area contributed by atoms with Gasteiger partial charge in [-0.2, -0.15) is 0 Å². The fourth-order valence-corrected chi connectivity index (χ4v) is 7.95. The smallest absolute Gasteiger partial charge is 0.0554 e. The quantitative estimate of drug-likeness (QED) is 0.189. The van der Waals surface area contributed by atoms with E-state index in [1.54, 1.807) is 0 Å². The lowest BCUT2D eigenvalue weighted by Gasteiger charge is -2.26. The number of anilines is 3. The molecule has 1 nitrogen and oxygen atoms in total. The van der Waals surface area contributed by atoms with Crippen LogP contribution in [-0.4, -0.2) is 0 Å². The Bertz CT molecular complexity index is 2530. The van der Waals surface area contributed by atoms with E-state index < -0.39 is 0 Å². The van der Waals surface area contributed by atoms with Gasteiger partial charge in [-0.1, -0.05) is 121 Å². The minimum atomic E-state index is 1.14. The molecule has 1 heterocycles. The van der Waals surface area contributed by atoms with Crippen molar-refractivity contribution in [2.75, 3.05) is 4.90 Å². The number of para-hydroxylation sites is 1. The maximum Gasteiger partial charge on any atom is 0.0554 e. The molecule has 0 saturated carbocycles. The van der Waals surface area contributed by atoms with Gasteiger partial charge in [-0.25, -0.2) is 0 Å². The van der Waals surface area contributed by atoms with Crippen molar-refractivity contribution in [2.24, 2.45) is 0 Å². The van der Waals surface area contributed by atoms with E-state index >= 15 is 0 Å². The maximum atomic E-state index is 2.39. The van der Waals surface area contributed by atoms with Gasteiger partial charge in [0.1, 0.15) is 0 Å². The van der Waals surface area contributed by atoms with Gasteiger partial charge in [0.15, 0.2) is 0 Å². The molecule has 0 atom stereocenters. The van der Waals surface area contributed by atoms with E-state index in [-0.39, 0.29) is 0 Å². The Balaban J connectivity index is 1.13. The summed E-state index contributed by atoms with van der Waals surface area (Å²) in [5.74, 6) is 0. The monoisotopic (exact) mass is 603 g/mol. The Morgan fingerprint density at radius 3 is 1.87 bits per heavy atom. The summed E-state index contributed by atoms with van der Waals surface area (Å²) in [4.78, 5) is 2.39. The van der Waals surface area contributed by atoms with Gasteiger partial charge in [-0.05, 0) is 98.4 Å². The molecule has 0 unspecified atom stereocenters. The van der Waals surface area contributed by atoms with Crippen LogP contribution in [0.15, 0.2) is 176 Å². The van der Waals surface area contributed by atoms with E-state index in [1.807, 2.05) is 11.3 Å². The highest BCUT2D eigenvalue weighted by Crippen LogP contribution is 2.45. The fraction of sp³-hybridized carbons (Fsp3) is 0. The van der Waals surface area contributed by atoms with E-state index in [1.165, 1.54) is 69.7 Å². The van der Waals surface area contributed by atoms with Crippen molar-refractivity contribution in [2.45, 2.75) is 0 Å². The van der Waals surface area contributed by atoms with Gasteiger partial charge in [0.05, 0.1) is 5.69 Å². The molecular weight excluding hydrogens is 575 g/mol. The Hall–Kier alpha value is -5.70. The molecule has 0 saturated heterocycles. The lowest BCUT2D eigenvalue weighted by atomic mass is 9.94. The lowest BCUT2D eigenvalue weighted by Crippen LogP contribution is -2.10. The highest BCUT2D eigenvalue weighted by Gasteiger charge is 2.18. The molecule has 2 heteroatoms. The Morgan fingerprint density at radius 2 is 1.00 bits per heavy atom. The normalized spacial score (nSPS) is 11.5. The van der Waals surface area contributed by atoms with Crippen molar-refractivity contribution in [3.8, 4) is 22.3 Å². The summed E-state index contributed by atoms with van der Waals surface area (Å²) in [6.45, 7) is 0. The molecule has 0 aliphatic heterocycles. The van der Waals surface area contributed by atoms with Gasteiger partial charge in [-0.3, -0.25) is 0 Å². The molecule has 0 fully saturated rings. The van der Waals surface area contributed by atoms with Crippen LogP contribution in [0.1, 0.15) is 0 Å². The summed E-state index contributed by atoms with van der Waals surface area (Å²) in [7, 11) is 0. The third-order valence-electron chi connectivity index (χ3n) is 9.04. The molecule has 0 aliphatic rings. The van der Waals surface area contributed by atoms with E-state index in [4.69, 9.17) is 0 Å². The highest BCUT2D eigenvalue weighted by atomic mass is 32.1. The Labute approximate surface area is 272 Å². The zero-order valence-corrected chi connectivity index (χ0v) is 25.9. The molecule has 8 aromatic carbocycles. The number of fused-ring (bicyclic) bond motifs is 5. The molecule has 0 radical (unpaired) electrons. The maximum absolute atomic E-state index is 2.39. The molecule has 46 heavy (non-hydrogen) atoms. The highest BCUT2D eigenvalue weighted by molar-refractivity contribution is 7.26. The van der Waals surface area contributed by atoms with Crippen LogP contribution in [0.4, 0.5) is 17.1 Å². The van der Waals surface area contributed by atoms with Crippen molar-refractivity contribution in [3.63, 3.8) is 0 Å². The predicted octanol–water partition coefficient (Wildman–Crippen LogP) is 13.2. The topological polar surface area (TPSA) is 3.24 Å². The molecule has 1 aromatic heterocycles. The first kappa shape index (κ1) is 26.7. The first-order valence-corrected chi connectivity index (χ1v) is 16.5. The van der Waals surface area contributed by atoms with Gasteiger partial charge < -0.3 is 4.90 Å². The molecule has 0 spiro atoms. The summed E-state index contributed by atoms with van der Waals surface area (Å²) in [6, 6.07) is 63.9. The van der Waals surface area contributed by atoms with Crippen LogP contribution in [0.3, 0.4) is 0 Å². The third kappa shape index (κ3) is 4.54. The van der Waals surface area contributed by atoms with Gasteiger partial charge in [0.25, 0.3) is 0 Å². The van der Waals surface area contributed by atoms with Crippen molar-refractivity contribution in [1.82, 2.24) is 0 Å². The number of nitrogens with zero attached hydrogens (tertiary/aromatic N) is 1. The number of thiophene rings is 1. The van der Waals surface area contributed by atoms with Crippen LogP contribution in [-0.2, 0) is 0 Å². The predicted molar refractivity (Wildman–Crippen MR) is 200 cm³/mol. The van der Waals surface area contributed by atoms with Crippen molar-refractivity contribution in [3.05, 3.63) is 176 Å². The second kappa shape index (κ2) is 11.0. The van der Waals surface area contributed by atoms with Gasteiger partial charge in [0, 0.05) is 31.5 Å². The van der Waals surface area contributed by atoms with Crippen LogP contribution < -0.4 is 4.90 Å². The van der Waals surface area contributed by atoms with E-state index in [2.05, 4.69) is 181 Å². The summed E-state index contributed by atoms with van der Waals surface area (Å²) < 4.78 is 2.61. The molecule has 0 amide bonds. The molecule has 0 N–H and O–H groups in total.